The van der Waals surface area contributed by atoms with Gasteiger partial charge >= 0.3 is 0 Å². The summed E-state index contributed by atoms with van der Waals surface area (Å²) >= 11 is 0. The fourth-order valence-corrected chi connectivity index (χ4v) is 2.41. The standard InChI is InChI=1S/C22H28N2O3/c1-21(2,3)15-7-9-16(10-8-15)23-19(25)22(4,5)20(26)24-17-11-13-18(27-6)14-12-17/h7-14H,1-6H3,(H,23,25)(H,24,26). The largest absolute Gasteiger partial charge is 0.497 e. The maximum Gasteiger partial charge on any atom is 0.239 e. The number of amides is 2. The van der Waals surface area contributed by atoms with E-state index in [-0.39, 0.29) is 17.2 Å². The third-order valence-corrected chi connectivity index (χ3v) is 4.49. The highest BCUT2D eigenvalue weighted by Gasteiger charge is 2.36. The van der Waals surface area contributed by atoms with Crippen LogP contribution in [0.1, 0.15) is 40.2 Å². The topological polar surface area (TPSA) is 67.4 Å². The number of ether oxygens (including phenoxy) is 1. The van der Waals surface area contributed by atoms with Crippen LogP contribution in [0.25, 0.3) is 0 Å². The van der Waals surface area contributed by atoms with Crippen molar-refractivity contribution in [2.24, 2.45) is 5.41 Å². The average Bonchev–Trinajstić information content (AvgIpc) is 2.62. The molecule has 0 saturated heterocycles. The second-order valence-electron chi connectivity index (χ2n) is 8.09. The molecular weight excluding hydrogens is 340 g/mol. The highest BCUT2D eigenvalue weighted by atomic mass is 16.5. The normalized spacial score (nSPS) is 11.6. The van der Waals surface area contributed by atoms with E-state index in [9.17, 15) is 9.59 Å². The van der Waals surface area contributed by atoms with Gasteiger partial charge in [-0.25, -0.2) is 0 Å². The summed E-state index contributed by atoms with van der Waals surface area (Å²) in [5.74, 6) is -0.0443. The molecule has 0 aromatic heterocycles. The van der Waals surface area contributed by atoms with Crippen molar-refractivity contribution in [2.45, 2.75) is 40.0 Å². The van der Waals surface area contributed by atoms with E-state index >= 15 is 0 Å². The Morgan fingerprint density at radius 2 is 1.15 bits per heavy atom. The third-order valence-electron chi connectivity index (χ3n) is 4.49. The van der Waals surface area contributed by atoms with Crippen molar-refractivity contribution in [3.05, 3.63) is 54.1 Å². The molecule has 2 aromatic rings. The number of methoxy groups -OCH3 is 1. The number of benzene rings is 2. The van der Waals surface area contributed by atoms with Crippen molar-refractivity contribution in [3.63, 3.8) is 0 Å². The van der Waals surface area contributed by atoms with Gasteiger partial charge in [-0.3, -0.25) is 9.59 Å². The van der Waals surface area contributed by atoms with Crippen molar-refractivity contribution < 1.29 is 14.3 Å². The van der Waals surface area contributed by atoms with E-state index in [4.69, 9.17) is 4.74 Å². The molecule has 2 aromatic carbocycles. The molecular formula is C22H28N2O3. The minimum atomic E-state index is -1.23. The summed E-state index contributed by atoms with van der Waals surface area (Å²) in [6, 6.07) is 14.6. The lowest BCUT2D eigenvalue weighted by Crippen LogP contribution is -2.41. The maximum absolute atomic E-state index is 12.7. The Hall–Kier alpha value is -2.82. The Morgan fingerprint density at radius 1 is 0.741 bits per heavy atom. The molecule has 0 bridgehead atoms. The van der Waals surface area contributed by atoms with Crippen LogP contribution < -0.4 is 15.4 Å². The number of hydrogen-bond donors (Lipinski definition) is 2. The molecule has 2 amide bonds. The van der Waals surface area contributed by atoms with E-state index in [0.29, 0.717) is 17.1 Å². The highest BCUT2D eigenvalue weighted by Crippen LogP contribution is 2.26. The van der Waals surface area contributed by atoms with Gasteiger partial charge in [0.05, 0.1) is 7.11 Å². The van der Waals surface area contributed by atoms with Crippen LogP contribution >= 0.6 is 0 Å². The van der Waals surface area contributed by atoms with Gasteiger partial charge in [0, 0.05) is 11.4 Å². The SMILES string of the molecule is COc1ccc(NC(=O)C(C)(C)C(=O)Nc2ccc(C(C)(C)C)cc2)cc1. The van der Waals surface area contributed by atoms with Crippen LogP contribution in [0.4, 0.5) is 11.4 Å². The number of anilines is 2. The minimum Gasteiger partial charge on any atom is -0.497 e. The summed E-state index contributed by atoms with van der Waals surface area (Å²) in [7, 11) is 1.58. The molecule has 0 heterocycles. The zero-order valence-corrected chi connectivity index (χ0v) is 16.8. The van der Waals surface area contributed by atoms with Crippen LogP contribution in [0.2, 0.25) is 0 Å². The summed E-state index contributed by atoms with van der Waals surface area (Å²) in [6.45, 7) is 9.60. The fourth-order valence-electron chi connectivity index (χ4n) is 2.41. The molecule has 5 nitrogen and oxygen atoms in total. The fraction of sp³-hybridized carbons (Fsp3) is 0.364. The molecule has 0 aliphatic heterocycles. The van der Waals surface area contributed by atoms with E-state index in [1.165, 1.54) is 5.56 Å². The van der Waals surface area contributed by atoms with E-state index in [1.807, 2.05) is 24.3 Å². The molecule has 0 fully saturated rings. The Bertz CT molecular complexity index is 801. The van der Waals surface area contributed by atoms with Crippen molar-refractivity contribution in [2.75, 3.05) is 17.7 Å². The zero-order chi connectivity index (χ0) is 20.2. The van der Waals surface area contributed by atoms with E-state index < -0.39 is 5.41 Å². The van der Waals surface area contributed by atoms with Gasteiger partial charge in [0.2, 0.25) is 11.8 Å². The maximum atomic E-state index is 12.7. The second kappa shape index (κ2) is 7.82. The van der Waals surface area contributed by atoms with Gasteiger partial charge in [0.1, 0.15) is 11.2 Å². The minimum absolute atomic E-state index is 0.0417. The first-order chi connectivity index (χ1) is 12.5. The van der Waals surface area contributed by atoms with Gasteiger partial charge in [0.15, 0.2) is 0 Å². The van der Waals surface area contributed by atoms with Crippen molar-refractivity contribution in [1.82, 2.24) is 0 Å². The summed E-state index contributed by atoms with van der Waals surface area (Å²) < 4.78 is 5.10. The van der Waals surface area contributed by atoms with Crippen molar-refractivity contribution in [1.29, 1.82) is 0 Å². The number of nitrogens with one attached hydrogen (secondary N) is 2. The van der Waals surface area contributed by atoms with Gasteiger partial charge in [-0.2, -0.15) is 0 Å². The molecule has 0 saturated carbocycles. The van der Waals surface area contributed by atoms with Crippen LogP contribution in [0.3, 0.4) is 0 Å². The lowest BCUT2D eigenvalue weighted by Gasteiger charge is -2.23. The summed E-state index contributed by atoms with van der Waals surface area (Å²) in [6.07, 6.45) is 0. The van der Waals surface area contributed by atoms with Gasteiger partial charge < -0.3 is 15.4 Å². The molecule has 27 heavy (non-hydrogen) atoms. The molecule has 2 rings (SSSR count). The van der Waals surface area contributed by atoms with Crippen molar-refractivity contribution >= 4 is 23.2 Å². The number of carbonyl (C=O) groups is 2. The van der Waals surface area contributed by atoms with Crippen LogP contribution in [-0.2, 0) is 15.0 Å². The van der Waals surface area contributed by atoms with Crippen molar-refractivity contribution in [3.8, 4) is 5.75 Å². The first-order valence-electron chi connectivity index (χ1n) is 8.91. The van der Waals surface area contributed by atoms with Gasteiger partial charge in [-0.1, -0.05) is 32.9 Å². The van der Waals surface area contributed by atoms with Crippen LogP contribution in [0.15, 0.2) is 48.5 Å². The first-order valence-corrected chi connectivity index (χ1v) is 8.91. The molecule has 2 N–H and O–H groups in total. The predicted octanol–water partition coefficient (Wildman–Crippen LogP) is 4.60. The van der Waals surface area contributed by atoms with E-state index in [1.54, 1.807) is 45.2 Å². The zero-order valence-electron chi connectivity index (χ0n) is 16.8. The first kappa shape index (κ1) is 20.5. The lowest BCUT2D eigenvalue weighted by atomic mass is 9.87. The Labute approximate surface area is 161 Å². The molecule has 0 aliphatic carbocycles. The smallest absolute Gasteiger partial charge is 0.239 e. The number of hydrogen-bond acceptors (Lipinski definition) is 3. The average molecular weight is 368 g/mol. The van der Waals surface area contributed by atoms with Crippen LogP contribution in [0, 0.1) is 5.41 Å². The summed E-state index contributed by atoms with van der Waals surface area (Å²) in [4.78, 5) is 25.3. The molecule has 144 valence electrons. The molecule has 0 unspecified atom stereocenters. The predicted molar refractivity (Wildman–Crippen MR) is 109 cm³/mol. The van der Waals surface area contributed by atoms with Crippen LogP contribution in [0.5, 0.6) is 5.75 Å². The molecule has 0 spiro atoms. The number of carbonyl (C=O) groups excluding carboxylic acids is 2. The van der Waals surface area contributed by atoms with Crippen LogP contribution in [-0.4, -0.2) is 18.9 Å². The quantitative estimate of drug-likeness (QED) is 0.758. The summed E-state index contributed by atoms with van der Waals surface area (Å²) in [5.41, 5.74) is 1.26. The monoisotopic (exact) mass is 368 g/mol. The van der Waals surface area contributed by atoms with Gasteiger partial charge in [0.25, 0.3) is 0 Å². The highest BCUT2D eigenvalue weighted by molar-refractivity contribution is 6.14. The molecule has 0 radical (unpaired) electrons. The molecule has 0 aliphatic rings. The molecule has 0 atom stereocenters. The summed E-state index contributed by atoms with van der Waals surface area (Å²) in [5, 5.41) is 5.60. The third kappa shape index (κ3) is 5.09. The van der Waals surface area contributed by atoms with E-state index in [0.717, 1.165) is 0 Å². The van der Waals surface area contributed by atoms with Gasteiger partial charge in [-0.05, 0) is 61.2 Å². The van der Waals surface area contributed by atoms with Gasteiger partial charge in [-0.15, -0.1) is 0 Å². The Balaban J connectivity index is 2.05. The second-order valence-corrected chi connectivity index (χ2v) is 8.09. The lowest BCUT2D eigenvalue weighted by molar-refractivity contribution is -0.135. The van der Waals surface area contributed by atoms with E-state index in [2.05, 4.69) is 31.4 Å². The Morgan fingerprint density at radius 3 is 1.52 bits per heavy atom. The Kier molecular flexibility index (Phi) is 5.94. The molecule has 5 heteroatoms. The number of rotatable bonds is 5.